The summed E-state index contributed by atoms with van der Waals surface area (Å²) in [6.45, 7) is 8.97. The summed E-state index contributed by atoms with van der Waals surface area (Å²) >= 11 is 0. The molecule has 0 saturated carbocycles. The molecule has 0 bridgehead atoms. The SMILES string of the molecule is CC(C)(C)C#C[C@@H](CC(=O)O)NC(=O)[C@@H]1CCCN(C(=O)CCC2CCNCC2)C1. The number of carbonyl (C=O) groups is 3. The van der Waals surface area contributed by atoms with Gasteiger partial charge in [-0.3, -0.25) is 14.4 Å². The molecule has 2 saturated heterocycles. The molecule has 0 aromatic carbocycles. The summed E-state index contributed by atoms with van der Waals surface area (Å²) in [5.74, 6) is 5.13. The van der Waals surface area contributed by atoms with E-state index in [4.69, 9.17) is 5.11 Å². The summed E-state index contributed by atoms with van der Waals surface area (Å²) in [7, 11) is 0. The molecule has 2 aliphatic rings. The van der Waals surface area contributed by atoms with Crippen molar-refractivity contribution in [2.45, 2.75) is 71.8 Å². The van der Waals surface area contributed by atoms with E-state index >= 15 is 0 Å². The third kappa shape index (κ3) is 8.74. The number of carbonyl (C=O) groups excluding carboxylic acids is 2. The lowest BCUT2D eigenvalue weighted by atomic mass is 9.92. The molecule has 0 aliphatic carbocycles. The lowest BCUT2D eigenvalue weighted by Gasteiger charge is -2.33. The minimum atomic E-state index is -0.998. The van der Waals surface area contributed by atoms with E-state index in [0.717, 1.165) is 38.8 Å². The normalized spacial score (nSPS) is 21.3. The van der Waals surface area contributed by atoms with Crippen molar-refractivity contribution in [1.82, 2.24) is 15.5 Å². The zero-order valence-corrected chi connectivity index (χ0v) is 18.6. The molecule has 0 aromatic heterocycles. The van der Waals surface area contributed by atoms with Gasteiger partial charge in [-0.2, -0.15) is 0 Å². The molecule has 3 N–H and O–H groups in total. The monoisotopic (exact) mass is 419 g/mol. The van der Waals surface area contributed by atoms with Crippen LogP contribution in [-0.4, -0.2) is 60.0 Å². The number of carboxylic acids is 1. The Hall–Kier alpha value is -2.07. The van der Waals surface area contributed by atoms with Crippen molar-refractivity contribution in [3.63, 3.8) is 0 Å². The number of aliphatic carboxylic acids is 1. The largest absolute Gasteiger partial charge is 0.481 e. The second-order valence-corrected chi connectivity index (χ2v) is 9.59. The van der Waals surface area contributed by atoms with Gasteiger partial charge in [-0.1, -0.05) is 11.8 Å². The lowest BCUT2D eigenvalue weighted by Crippen LogP contribution is -2.47. The highest BCUT2D eigenvalue weighted by molar-refractivity contribution is 5.82. The predicted molar refractivity (Wildman–Crippen MR) is 116 cm³/mol. The fourth-order valence-corrected chi connectivity index (χ4v) is 3.98. The molecule has 7 heteroatoms. The number of nitrogens with one attached hydrogen (secondary N) is 2. The van der Waals surface area contributed by atoms with Gasteiger partial charge in [-0.05, 0) is 71.9 Å². The first kappa shape index (κ1) is 24.2. The van der Waals surface area contributed by atoms with Gasteiger partial charge in [0, 0.05) is 24.9 Å². The van der Waals surface area contributed by atoms with Gasteiger partial charge in [0.15, 0.2) is 0 Å². The van der Waals surface area contributed by atoms with Gasteiger partial charge >= 0.3 is 5.97 Å². The standard InChI is InChI=1S/C23H37N3O4/c1-23(2,3)11-8-19(15-21(28)29)25-22(30)18-5-4-14-26(16-18)20(27)7-6-17-9-12-24-13-10-17/h17-19,24H,4-7,9-10,12-16H2,1-3H3,(H,25,30)(H,28,29)/t18-,19+/m1/s1. The highest BCUT2D eigenvalue weighted by Gasteiger charge is 2.30. The van der Waals surface area contributed by atoms with E-state index in [2.05, 4.69) is 22.5 Å². The Kier molecular flexibility index (Phi) is 9.16. The number of rotatable bonds is 7. The average molecular weight is 420 g/mol. The first-order valence-corrected chi connectivity index (χ1v) is 11.2. The third-order valence-electron chi connectivity index (χ3n) is 5.69. The molecule has 30 heavy (non-hydrogen) atoms. The Morgan fingerprint density at radius 3 is 2.53 bits per heavy atom. The summed E-state index contributed by atoms with van der Waals surface area (Å²) < 4.78 is 0. The van der Waals surface area contributed by atoms with E-state index < -0.39 is 12.0 Å². The van der Waals surface area contributed by atoms with Gasteiger partial charge in [-0.25, -0.2) is 0 Å². The molecular weight excluding hydrogens is 382 g/mol. The predicted octanol–water partition coefficient (Wildman–Crippen LogP) is 2.01. The van der Waals surface area contributed by atoms with Gasteiger partial charge < -0.3 is 20.6 Å². The van der Waals surface area contributed by atoms with Crippen LogP contribution in [-0.2, 0) is 14.4 Å². The Labute approximate surface area is 180 Å². The summed E-state index contributed by atoms with van der Waals surface area (Å²) in [4.78, 5) is 38.4. The number of amides is 2. The molecular formula is C23H37N3O4. The number of nitrogens with zero attached hydrogens (tertiary/aromatic N) is 1. The summed E-state index contributed by atoms with van der Waals surface area (Å²) in [5, 5.41) is 15.3. The molecule has 2 atom stereocenters. The first-order valence-electron chi connectivity index (χ1n) is 11.2. The van der Waals surface area contributed by atoms with Crippen molar-refractivity contribution in [3.8, 4) is 11.8 Å². The highest BCUT2D eigenvalue weighted by atomic mass is 16.4. The van der Waals surface area contributed by atoms with Crippen LogP contribution in [0.3, 0.4) is 0 Å². The molecule has 2 fully saturated rings. The zero-order chi connectivity index (χ0) is 22.1. The summed E-state index contributed by atoms with van der Waals surface area (Å²) in [6.07, 6.45) is 4.96. The Bertz CT molecular complexity index is 668. The van der Waals surface area contributed by atoms with Gasteiger partial charge in [0.25, 0.3) is 0 Å². The molecule has 168 valence electrons. The van der Waals surface area contributed by atoms with Crippen LogP contribution in [0.15, 0.2) is 0 Å². The Balaban J connectivity index is 1.88. The molecule has 0 radical (unpaired) electrons. The van der Waals surface area contributed by atoms with Crippen LogP contribution in [0.25, 0.3) is 0 Å². The Morgan fingerprint density at radius 1 is 1.20 bits per heavy atom. The third-order valence-corrected chi connectivity index (χ3v) is 5.69. The minimum Gasteiger partial charge on any atom is -0.481 e. The lowest BCUT2D eigenvalue weighted by molar-refractivity contribution is -0.137. The topological polar surface area (TPSA) is 98.7 Å². The minimum absolute atomic E-state index is 0.126. The van der Waals surface area contributed by atoms with Crippen LogP contribution >= 0.6 is 0 Å². The van der Waals surface area contributed by atoms with E-state index in [9.17, 15) is 14.4 Å². The molecule has 2 amide bonds. The van der Waals surface area contributed by atoms with Crippen molar-refractivity contribution < 1.29 is 19.5 Å². The van der Waals surface area contributed by atoms with Gasteiger partial charge in [0.2, 0.25) is 11.8 Å². The Morgan fingerprint density at radius 2 is 1.90 bits per heavy atom. The van der Waals surface area contributed by atoms with Crippen LogP contribution in [0.1, 0.15) is 65.7 Å². The number of likely N-dealkylation sites (tertiary alicyclic amines) is 1. The van der Waals surface area contributed by atoms with Gasteiger partial charge in [0.1, 0.15) is 6.04 Å². The van der Waals surface area contributed by atoms with Crippen LogP contribution in [0.5, 0.6) is 0 Å². The molecule has 0 aromatic rings. The number of hydrogen-bond donors (Lipinski definition) is 3. The second-order valence-electron chi connectivity index (χ2n) is 9.59. The molecule has 2 rings (SSSR count). The fourth-order valence-electron chi connectivity index (χ4n) is 3.98. The van der Waals surface area contributed by atoms with E-state index in [1.54, 1.807) is 0 Å². The molecule has 0 spiro atoms. The smallest absolute Gasteiger partial charge is 0.306 e. The van der Waals surface area contributed by atoms with Crippen LogP contribution < -0.4 is 10.6 Å². The molecule has 0 unspecified atom stereocenters. The van der Waals surface area contributed by atoms with Crippen molar-refractivity contribution in [2.75, 3.05) is 26.2 Å². The quantitative estimate of drug-likeness (QED) is 0.549. The van der Waals surface area contributed by atoms with Crippen LogP contribution in [0, 0.1) is 29.1 Å². The number of piperidine rings is 2. The highest BCUT2D eigenvalue weighted by Crippen LogP contribution is 2.22. The first-order chi connectivity index (χ1) is 14.1. The van der Waals surface area contributed by atoms with Crippen LogP contribution in [0.2, 0.25) is 0 Å². The van der Waals surface area contributed by atoms with Gasteiger partial charge in [0.05, 0.1) is 12.3 Å². The van der Waals surface area contributed by atoms with Crippen molar-refractivity contribution in [1.29, 1.82) is 0 Å². The maximum Gasteiger partial charge on any atom is 0.306 e. The van der Waals surface area contributed by atoms with E-state index in [1.807, 2.05) is 25.7 Å². The number of hydrogen-bond acceptors (Lipinski definition) is 4. The maximum atomic E-state index is 12.8. The van der Waals surface area contributed by atoms with E-state index in [-0.39, 0.29) is 29.6 Å². The van der Waals surface area contributed by atoms with Crippen molar-refractivity contribution in [2.24, 2.45) is 17.3 Å². The maximum absolute atomic E-state index is 12.8. The van der Waals surface area contributed by atoms with Crippen molar-refractivity contribution >= 4 is 17.8 Å². The summed E-state index contributed by atoms with van der Waals surface area (Å²) in [6, 6.07) is -0.722. The molecule has 2 aliphatic heterocycles. The fraction of sp³-hybridized carbons (Fsp3) is 0.783. The zero-order valence-electron chi connectivity index (χ0n) is 18.6. The number of carboxylic acid groups (broad SMARTS) is 1. The van der Waals surface area contributed by atoms with Gasteiger partial charge in [-0.15, -0.1) is 0 Å². The second kappa shape index (κ2) is 11.4. The summed E-state index contributed by atoms with van der Waals surface area (Å²) in [5.41, 5.74) is -0.274. The van der Waals surface area contributed by atoms with Crippen LogP contribution in [0.4, 0.5) is 0 Å². The van der Waals surface area contributed by atoms with E-state index in [0.29, 0.717) is 31.8 Å². The van der Waals surface area contributed by atoms with E-state index in [1.165, 1.54) is 0 Å². The average Bonchev–Trinajstić information content (AvgIpc) is 2.70. The molecule has 2 heterocycles. The molecule has 7 nitrogen and oxygen atoms in total. The van der Waals surface area contributed by atoms with Crippen molar-refractivity contribution in [3.05, 3.63) is 0 Å².